The molecule has 3 N–H and O–H groups in total. The summed E-state index contributed by atoms with van der Waals surface area (Å²) < 4.78 is 1.78. The average Bonchev–Trinajstić information content (AvgIpc) is 2.58. The monoisotopic (exact) mass is 294 g/mol. The Labute approximate surface area is 123 Å². The molecule has 0 aliphatic heterocycles. The minimum Gasteiger partial charge on any atom is -0.481 e. The van der Waals surface area contributed by atoms with Crippen LogP contribution in [0, 0.1) is 13.8 Å². The molecule has 1 fully saturated rings. The fourth-order valence-corrected chi connectivity index (χ4v) is 2.77. The van der Waals surface area contributed by atoms with Crippen LogP contribution in [-0.4, -0.2) is 32.4 Å². The highest BCUT2D eigenvalue weighted by Crippen LogP contribution is 2.34. The standard InChI is InChI=1S/C14H22N4O3/c1-9-11(10(2)18(3)17-9)8-15-13(21)16-14(5-4-6-14)7-12(19)20/h4-8H2,1-3H3,(H,19,20)(H2,15,16,21). The minimum atomic E-state index is -0.881. The summed E-state index contributed by atoms with van der Waals surface area (Å²) in [5, 5.41) is 18.8. The highest BCUT2D eigenvalue weighted by atomic mass is 16.4. The number of nitrogens with one attached hydrogen (secondary N) is 2. The maximum atomic E-state index is 12.0. The van der Waals surface area contributed by atoms with Crippen molar-refractivity contribution in [3.05, 3.63) is 17.0 Å². The van der Waals surface area contributed by atoms with E-state index in [0.29, 0.717) is 6.54 Å². The summed E-state index contributed by atoms with van der Waals surface area (Å²) in [6, 6.07) is -0.321. The molecule has 1 aliphatic carbocycles. The Morgan fingerprint density at radius 2 is 2.05 bits per heavy atom. The Hall–Kier alpha value is -2.05. The van der Waals surface area contributed by atoms with Crippen LogP contribution in [0.25, 0.3) is 0 Å². The largest absolute Gasteiger partial charge is 0.481 e. The highest BCUT2D eigenvalue weighted by molar-refractivity contribution is 5.77. The first-order valence-corrected chi connectivity index (χ1v) is 7.10. The van der Waals surface area contributed by atoms with Crippen molar-refractivity contribution in [2.45, 2.75) is 51.6 Å². The molecule has 7 heteroatoms. The first-order chi connectivity index (χ1) is 9.83. The number of hydrogen-bond acceptors (Lipinski definition) is 3. The second kappa shape index (κ2) is 5.75. The molecule has 2 amide bonds. The summed E-state index contributed by atoms with van der Waals surface area (Å²) in [5.74, 6) is -0.881. The Morgan fingerprint density at radius 3 is 2.48 bits per heavy atom. The van der Waals surface area contributed by atoms with Gasteiger partial charge in [-0.15, -0.1) is 0 Å². The fraction of sp³-hybridized carbons (Fsp3) is 0.643. The SMILES string of the molecule is Cc1nn(C)c(C)c1CNC(=O)NC1(CC(=O)O)CCC1. The van der Waals surface area contributed by atoms with Gasteiger partial charge in [0.25, 0.3) is 0 Å². The Balaban J connectivity index is 1.91. The summed E-state index contributed by atoms with van der Waals surface area (Å²) in [6.07, 6.45) is 2.37. The van der Waals surface area contributed by atoms with E-state index in [4.69, 9.17) is 5.11 Å². The van der Waals surface area contributed by atoms with Crippen molar-refractivity contribution in [2.75, 3.05) is 0 Å². The maximum absolute atomic E-state index is 12.0. The maximum Gasteiger partial charge on any atom is 0.315 e. The van der Waals surface area contributed by atoms with Crippen molar-refractivity contribution < 1.29 is 14.7 Å². The van der Waals surface area contributed by atoms with E-state index in [0.717, 1.165) is 36.2 Å². The molecule has 21 heavy (non-hydrogen) atoms. The van der Waals surface area contributed by atoms with Crippen molar-refractivity contribution in [1.82, 2.24) is 20.4 Å². The second-order valence-electron chi connectivity index (χ2n) is 5.79. The van der Waals surface area contributed by atoms with Gasteiger partial charge in [-0.2, -0.15) is 5.10 Å². The molecule has 1 aromatic rings. The predicted octanol–water partition coefficient (Wildman–Crippen LogP) is 1.23. The lowest BCUT2D eigenvalue weighted by Crippen LogP contribution is -2.57. The first-order valence-electron chi connectivity index (χ1n) is 7.10. The third kappa shape index (κ3) is 3.34. The number of carboxylic acid groups (broad SMARTS) is 1. The zero-order chi connectivity index (χ0) is 15.6. The van der Waals surface area contributed by atoms with E-state index >= 15 is 0 Å². The molecule has 116 valence electrons. The van der Waals surface area contributed by atoms with Crippen LogP contribution in [0.1, 0.15) is 42.6 Å². The molecule has 0 bridgehead atoms. The van der Waals surface area contributed by atoms with Gasteiger partial charge in [0.2, 0.25) is 0 Å². The van der Waals surface area contributed by atoms with Crippen molar-refractivity contribution >= 4 is 12.0 Å². The van der Waals surface area contributed by atoms with E-state index in [-0.39, 0.29) is 12.5 Å². The van der Waals surface area contributed by atoms with Gasteiger partial charge in [0, 0.05) is 24.8 Å². The Kier molecular flexibility index (Phi) is 4.20. The van der Waals surface area contributed by atoms with E-state index < -0.39 is 11.5 Å². The first kappa shape index (κ1) is 15.3. The third-order valence-electron chi connectivity index (χ3n) is 4.26. The summed E-state index contributed by atoms with van der Waals surface area (Å²) in [7, 11) is 1.86. The van der Waals surface area contributed by atoms with Crippen molar-refractivity contribution in [3.63, 3.8) is 0 Å². The number of aromatic nitrogens is 2. The predicted molar refractivity (Wildman–Crippen MR) is 76.9 cm³/mol. The lowest BCUT2D eigenvalue weighted by Gasteiger charge is -2.41. The molecule has 0 unspecified atom stereocenters. The van der Waals surface area contributed by atoms with Gasteiger partial charge < -0.3 is 15.7 Å². The van der Waals surface area contributed by atoms with Crippen LogP contribution >= 0.6 is 0 Å². The van der Waals surface area contributed by atoms with Gasteiger partial charge in [-0.25, -0.2) is 4.79 Å². The number of carbonyl (C=O) groups excluding carboxylic acids is 1. The molecule has 1 heterocycles. The number of nitrogens with zero attached hydrogens (tertiary/aromatic N) is 2. The van der Waals surface area contributed by atoms with Crippen molar-refractivity contribution in [3.8, 4) is 0 Å². The van der Waals surface area contributed by atoms with Crippen LogP contribution in [-0.2, 0) is 18.4 Å². The second-order valence-corrected chi connectivity index (χ2v) is 5.79. The summed E-state index contributed by atoms with van der Waals surface area (Å²) in [5.41, 5.74) is 2.32. The molecule has 1 saturated carbocycles. The number of hydrogen-bond donors (Lipinski definition) is 3. The molecule has 7 nitrogen and oxygen atoms in total. The van der Waals surface area contributed by atoms with Gasteiger partial charge in [-0.1, -0.05) is 0 Å². The van der Waals surface area contributed by atoms with Crippen LogP contribution in [0.5, 0.6) is 0 Å². The quantitative estimate of drug-likeness (QED) is 0.761. The van der Waals surface area contributed by atoms with E-state index in [1.165, 1.54) is 0 Å². The molecule has 0 aromatic carbocycles. The van der Waals surface area contributed by atoms with Crippen LogP contribution in [0.2, 0.25) is 0 Å². The molecule has 1 aliphatic rings. The molecule has 0 atom stereocenters. The van der Waals surface area contributed by atoms with Gasteiger partial charge in [0.1, 0.15) is 0 Å². The van der Waals surface area contributed by atoms with E-state index in [1.807, 2.05) is 20.9 Å². The zero-order valence-corrected chi connectivity index (χ0v) is 12.7. The number of carboxylic acids is 1. The summed E-state index contributed by atoms with van der Waals surface area (Å²) in [6.45, 7) is 4.24. The van der Waals surface area contributed by atoms with Crippen molar-refractivity contribution in [2.24, 2.45) is 7.05 Å². The lowest BCUT2D eigenvalue weighted by atomic mass is 9.74. The number of rotatable bonds is 5. The molecule has 0 radical (unpaired) electrons. The van der Waals surface area contributed by atoms with Gasteiger partial charge in [-0.3, -0.25) is 9.48 Å². The topological polar surface area (TPSA) is 96.3 Å². The van der Waals surface area contributed by atoms with Crippen LogP contribution in [0.4, 0.5) is 4.79 Å². The smallest absolute Gasteiger partial charge is 0.315 e. The third-order valence-corrected chi connectivity index (χ3v) is 4.26. The molecular formula is C14H22N4O3. The van der Waals surface area contributed by atoms with Gasteiger partial charge in [-0.05, 0) is 33.1 Å². The average molecular weight is 294 g/mol. The van der Waals surface area contributed by atoms with E-state index in [2.05, 4.69) is 15.7 Å². The van der Waals surface area contributed by atoms with Crippen LogP contribution in [0.15, 0.2) is 0 Å². The number of urea groups is 1. The number of aliphatic carboxylic acids is 1. The molecular weight excluding hydrogens is 272 g/mol. The fourth-order valence-electron chi connectivity index (χ4n) is 2.77. The van der Waals surface area contributed by atoms with Crippen molar-refractivity contribution in [1.29, 1.82) is 0 Å². The van der Waals surface area contributed by atoms with Gasteiger partial charge in [0.05, 0.1) is 17.7 Å². The number of aryl methyl sites for hydroxylation is 2. The minimum absolute atomic E-state index is 0.0225. The highest BCUT2D eigenvalue weighted by Gasteiger charge is 2.40. The molecule has 1 aromatic heterocycles. The summed E-state index contributed by atoms with van der Waals surface area (Å²) in [4.78, 5) is 22.9. The zero-order valence-electron chi connectivity index (χ0n) is 12.7. The van der Waals surface area contributed by atoms with Crippen LogP contribution in [0.3, 0.4) is 0 Å². The Bertz CT molecular complexity index is 561. The summed E-state index contributed by atoms with van der Waals surface area (Å²) >= 11 is 0. The van der Waals surface area contributed by atoms with E-state index in [9.17, 15) is 9.59 Å². The molecule has 0 saturated heterocycles. The van der Waals surface area contributed by atoms with E-state index in [1.54, 1.807) is 4.68 Å². The number of carbonyl (C=O) groups is 2. The lowest BCUT2D eigenvalue weighted by molar-refractivity contribution is -0.139. The van der Waals surface area contributed by atoms with Crippen LogP contribution < -0.4 is 10.6 Å². The Morgan fingerprint density at radius 1 is 1.38 bits per heavy atom. The molecule has 2 rings (SSSR count). The normalized spacial score (nSPS) is 16.1. The number of amides is 2. The van der Waals surface area contributed by atoms with Gasteiger partial charge >= 0.3 is 12.0 Å². The van der Waals surface area contributed by atoms with Gasteiger partial charge in [0.15, 0.2) is 0 Å². The molecule has 0 spiro atoms.